The van der Waals surface area contributed by atoms with Gasteiger partial charge in [0.05, 0.1) is 6.04 Å². The first-order valence-electron chi connectivity index (χ1n) is 7.32. The van der Waals surface area contributed by atoms with Gasteiger partial charge in [-0.25, -0.2) is 4.79 Å². The minimum atomic E-state index is -0.622. The zero-order valence-corrected chi connectivity index (χ0v) is 13.6. The second-order valence-corrected chi connectivity index (χ2v) is 5.38. The summed E-state index contributed by atoms with van der Waals surface area (Å²) in [6.45, 7) is 1.67. The molecule has 1 aliphatic heterocycles. The number of nitrogens with one attached hydrogen (secondary N) is 2. The maximum Gasteiger partial charge on any atom is 0.316 e. The molecule has 8 heteroatoms. The van der Waals surface area contributed by atoms with E-state index in [9.17, 15) is 9.59 Å². The summed E-state index contributed by atoms with van der Waals surface area (Å²) in [7, 11) is 0. The molecule has 1 saturated heterocycles. The topological polar surface area (TPSA) is 119 Å². The second kappa shape index (κ2) is 9.34. The summed E-state index contributed by atoms with van der Waals surface area (Å²) in [6, 6.07) is 5.98. The number of primary amides is 1. The lowest BCUT2D eigenvalue weighted by Gasteiger charge is -2.26. The van der Waals surface area contributed by atoms with E-state index in [-0.39, 0.29) is 24.2 Å². The van der Waals surface area contributed by atoms with Crippen molar-refractivity contribution in [3.8, 4) is 0 Å². The molecule has 128 valence electrons. The maximum atomic E-state index is 12.1. The van der Waals surface area contributed by atoms with Crippen LogP contribution in [0.25, 0.3) is 0 Å². The Morgan fingerprint density at radius 1 is 1.30 bits per heavy atom. The van der Waals surface area contributed by atoms with Gasteiger partial charge in [-0.05, 0) is 36.5 Å². The van der Waals surface area contributed by atoms with E-state index in [0.29, 0.717) is 25.4 Å². The standard InChI is InChI=1S/C15H22N4O3.ClH/c16-13(11-4-6-22-7-5-11)14(20)18-9-10-2-1-3-12(8-10)19-15(17)21;/h1-3,8,11,13H,4-7,9,16H2,(H,18,20)(H3,17,19,21);1H. The number of ether oxygens (including phenoxy) is 1. The molecule has 2 rings (SSSR count). The smallest absolute Gasteiger partial charge is 0.316 e. The van der Waals surface area contributed by atoms with Crippen LogP contribution < -0.4 is 22.1 Å². The number of halogens is 1. The first kappa shape index (κ1) is 19.2. The Morgan fingerprint density at radius 3 is 2.65 bits per heavy atom. The van der Waals surface area contributed by atoms with E-state index in [0.717, 1.165) is 18.4 Å². The molecule has 1 heterocycles. The molecule has 1 aliphatic rings. The highest BCUT2D eigenvalue weighted by atomic mass is 35.5. The third-order valence-corrected chi connectivity index (χ3v) is 3.74. The Kier molecular flexibility index (Phi) is 7.80. The largest absolute Gasteiger partial charge is 0.381 e. The van der Waals surface area contributed by atoms with Crippen molar-refractivity contribution in [3.63, 3.8) is 0 Å². The second-order valence-electron chi connectivity index (χ2n) is 5.38. The summed E-state index contributed by atoms with van der Waals surface area (Å²) in [5, 5.41) is 5.32. The number of urea groups is 1. The van der Waals surface area contributed by atoms with Gasteiger partial charge < -0.3 is 26.8 Å². The molecule has 0 aromatic heterocycles. The van der Waals surface area contributed by atoms with Crippen molar-refractivity contribution in [1.29, 1.82) is 0 Å². The van der Waals surface area contributed by atoms with Crippen LogP contribution in [0.4, 0.5) is 10.5 Å². The lowest BCUT2D eigenvalue weighted by atomic mass is 9.92. The van der Waals surface area contributed by atoms with Gasteiger partial charge >= 0.3 is 6.03 Å². The lowest BCUT2D eigenvalue weighted by Crippen LogP contribution is -2.46. The minimum Gasteiger partial charge on any atom is -0.381 e. The number of carbonyl (C=O) groups excluding carboxylic acids is 2. The van der Waals surface area contributed by atoms with Gasteiger partial charge in [-0.3, -0.25) is 4.79 Å². The molecule has 6 N–H and O–H groups in total. The van der Waals surface area contributed by atoms with Crippen LogP contribution in [-0.2, 0) is 16.1 Å². The Labute approximate surface area is 141 Å². The Bertz CT molecular complexity index is 535. The fourth-order valence-electron chi connectivity index (χ4n) is 2.50. The van der Waals surface area contributed by atoms with Crippen LogP contribution in [0.3, 0.4) is 0 Å². The molecule has 1 unspecified atom stereocenters. The van der Waals surface area contributed by atoms with Gasteiger partial charge in [-0.2, -0.15) is 0 Å². The van der Waals surface area contributed by atoms with Crippen molar-refractivity contribution in [2.45, 2.75) is 25.4 Å². The van der Waals surface area contributed by atoms with Crippen LogP contribution in [0, 0.1) is 5.92 Å². The molecule has 0 spiro atoms. The minimum absolute atomic E-state index is 0. The summed E-state index contributed by atoms with van der Waals surface area (Å²) in [6.07, 6.45) is 1.62. The lowest BCUT2D eigenvalue weighted by molar-refractivity contribution is -0.124. The fraction of sp³-hybridized carbons (Fsp3) is 0.467. The van der Waals surface area contributed by atoms with E-state index in [1.165, 1.54) is 0 Å². The molecular formula is C15H23ClN4O3. The molecule has 1 aromatic carbocycles. The van der Waals surface area contributed by atoms with E-state index in [1.807, 2.05) is 6.07 Å². The van der Waals surface area contributed by atoms with Crippen LogP contribution in [0.1, 0.15) is 18.4 Å². The molecule has 23 heavy (non-hydrogen) atoms. The normalized spacial score (nSPS) is 16.0. The van der Waals surface area contributed by atoms with Gasteiger partial charge in [0.25, 0.3) is 0 Å². The van der Waals surface area contributed by atoms with Gasteiger partial charge in [0, 0.05) is 25.4 Å². The Balaban J connectivity index is 0.00000264. The van der Waals surface area contributed by atoms with Gasteiger partial charge in [0.1, 0.15) is 0 Å². The Hall–Kier alpha value is -1.83. The van der Waals surface area contributed by atoms with Crippen LogP contribution >= 0.6 is 12.4 Å². The number of anilines is 1. The van der Waals surface area contributed by atoms with E-state index < -0.39 is 12.1 Å². The average molecular weight is 343 g/mol. The zero-order valence-electron chi connectivity index (χ0n) is 12.8. The predicted molar refractivity (Wildman–Crippen MR) is 90.3 cm³/mol. The number of benzene rings is 1. The summed E-state index contributed by atoms with van der Waals surface area (Å²) in [5.41, 5.74) is 12.5. The van der Waals surface area contributed by atoms with Crippen molar-refractivity contribution < 1.29 is 14.3 Å². The predicted octanol–water partition coefficient (Wildman–Crippen LogP) is 0.969. The molecule has 0 bridgehead atoms. The Morgan fingerprint density at radius 2 is 2.00 bits per heavy atom. The van der Waals surface area contributed by atoms with Crippen molar-refractivity contribution >= 4 is 30.0 Å². The highest BCUT2D eigenvalue weighted by Crippen LogP contribution is 2.18. The molecular weight excluding hydrogens is 320 g/mol. The monoisotopic (exact) mass is 342 g/mol. The van der Waals surface area contributed by atoms with Crippen molar-refractivity contribution in [1.82, 2.24) is 5.32 Å². The first-order chi connectivity index (χ1) is 10.6. The van der Waals surface area contributed by atoms with Crippen LogP contribution in [0.2, 0.25) is 0 Å². The average Bonchev–Trinajstić information content (AvgIpc) is 2.52. The van der Waals surface area contributed by atoms with E-state index in [1.54, 1.807) is 18.2 Å². The van der Waals surface area contributed by atoms with Gasteiger partial charge in [-0.1, -0.05) is 12.1 Å². The molecule has 1 fully saturated rings. The first-order valence-corrected chi connectivity index (χ1v) is 7.32. The summed E-state index contributed by atoms with van der Waals surface area (Å²) < 4.78 is 5.27. The summed E-state index contributed by atoms with van der Waals surface area (Å²) in [4.78, 5) is 22.9. The van der Waals surface area contributed by atoms with Gasteiger partial charge in [0.2, 0.25) is 5.91 Å². The SMILES string of the molecule is Cl.NC(=O)Nc1cccc(CNC(=O)C(N)C2CCOCC2)c1. The van der Waals surface area contributed by atoms with Crippen LogP contribution in [0.5, 0.6) is 0 Å². The van der Waals surface area contributed by atoms with Crippen molar-refractivity contribution in [3.05, 3.63) is 29.8 Å². The zero-order chi connectivity index (χ0) is 15.9. The van der Waals surface area contributed by atoms with Gasteiger partial charge in [0.15, 0.2) is 0 Å². The van der Waals surface area contributed by atoms with E-state index in [2.05, 4.69) is 10.6 Å². The number of amides is 3. The quantitative estimate of drug-likeness (QED) is 0.637. The number of hydrogen-bond acceptors (Lipinski definition) is 4. The van der Waals surface area contributed by atoms with Crippen LogP contribution in [-0.4, -0.2) is 31.2 Å². The third kappa shape index (κ3) is 6.05. The summed E-state index contributed by atoms with van der Waals surface area (Å²) in [5.74, 6) is -0.00299. The van der Waals surface area contributed by atoms with E-state index >= 15 is 0 Å². The molecule has 1 atom stereocenters. The maximum absolute atomic E-state index is 12.1. The number of nitrogens with two attached hydrogens (primary N) is 2. The number of rotatable bonds is 5. The molecule has 7 nitrogen and oxygen atoms in total. The fourth-order valence-corrected chi connectivity index (χ4v) is 2.50. The van der Waals surface area contributed by atoms with Crippen molar-refractivity contribution in [2.24, 2.45) is 17.4 Å². The molecule has 3 amide bonds. The number of carbonyl (C=O) groups is 2. The van der Waals surface area contributed by atoms with E-state index in [4.69, 9.17) is 16.2 Å². The van der Waals surface area contributed by atoms with Crippen molar-refractivity contribution in [2.75, 3.05) is 18.5 Å². The molecule has 0 radical (unpaired) electrons. The van der Waals surface area contributed by atoms with Gasteiger partial charge in [-0.15, -0.1) is 12.4 Å². The van der Waals surface area contributed by atoms with Crippen LogP contribution in [0.15, 0.2) is 24.3 Å². The summed E-state index contributed by atoms with van der Waals surface area (Å²) >= 11 is 0. The highest BCUT2D eigenvalue weighted by Gasteiger charge is 2.26. The molecule has 0 saturated carbocycles. The third-order valence-electron chi connectivity index (χ3n) is 3.74. The number of hydrogen-bond donors (Lipinski definition) is 4. The molecule has 0 aliphatic carbocycles. The highest BCUT2D eigenvalue weighted by molar-refractivity contribution is 5.87. The molecule has 1 aromatic rings.